The van der Waals surface area contributed by atoms with Crippen molar-refractivity contribution in [1.82, 2.24) is 5.32 Å². The summed E-state index contributed by atoms with van der Waals surface area (Å²) >= 11 is 0. The van der Waals surface area contributed by atoms with E-state index in [1.807, 2.05) is 13.0 Å². The number of benzene rings is 2. The van der Waals surface area contributed by atoms with Gasteiger partial charge >= 0.3 is 0 Å². The predicted octanol–water partition coefficient (Wildman–Crippen LogP) is 3.84. The molecule has 0 saturated heterocycles. The fourth-order valence-electron chi connectivity index (χ4n) is 3.52. The van der Waals surface area contributed by atoms with Crippen molar-refractivity contribution in [3.05, 3.63) is 65.2 Å². The number of hydrogen-bond acceptors (Lipinski definition) is 3. The normalized spacial score (nSPS) is 16.9. The second-order valence-corrected chi connectivity index (χ2v) is 8.50. The summed E-state index contributed by atoms with van der Waals surface area (Å²) < 4.78 is 23.0. The fourth-order valence-corrected chi connectivity index (χ4v) is 4.09. The molecule has 0 radical (unpaired) electrons. The summed E-state index contributed by atoms with van der Waals surface area (Å²) in [6, 6.07) is 15.7. The minimum atomic E-state index is -3.67. The van der Waals surface area contributed by atoms with Gasteiger partial charge in [-0.1, -0.05) is 49.2 Å². The molecule has 1 unspecified atom stereocenters. The number of sulfonamides is 1. The molecule has 3 N–H and O–H groups in total. The van der Waals surface area contributed by atoms with Gasteiger partial charge in [0, 0.05) is 12.6 Å². The minimum absolute atomic E-state index is 0.0382. The van der Waals surface area contributed by atoms with Crippen molar-refractivity contribution in [2.24, 2.45) is 5.14 Å². The van der Waals surface area contributed by atoms with E-state index in [1.54, 1.807) is 12.1 Å². The second-order valence-electron chi connectivity index (χ2n) is 6.94. The quantitative estimate of drug-likeness (QED) is 0.824. The van der Waals surface area contributed by atoms with Crippen LogP contribution in [-0.2, 0) is 16.6 Å². The van der Waals surface area contributed by atoms with E-state index in [-0.39, 0.29) is 10.9 Å². The van der Waals surface area contributed by atoms with E-state index in [9.17, 15) is 8.42 Å². The molecule has 1 aliphatic rings. The molecule has 25 heavy (non-hydrogen) atoms. The van der Waals surface area contributed by atoms with Gasteiger partial charge in [-0.05, 0) is 54.5 Å². The average molecular weight is 359 g/mol. The van der Waals surface area contributed by atoms with E-state index in [0.717, 1.165) is 18.0 Å². The Labute approximate surface area is 150 Å². The van der Waals surface area contributed by atoms with Crippen LogP contribution < -0.4 is 10.5 Å². The van der Waals surface area contributed by atoms with Crippen molar-refractivity contribution in [2.45, 2.75) is 56.0 Å². The van der Waals surface area contributed by atoms with Crippen molar-refractivity contribution in [2.75, 3.05) is 0 Å². The van der Waals surface area contributed by atoms with Crippen LogP contribution in [0.3, 0.4) is 0 Å². The zero-order chi connectivity index (χ0) is 17.9. The third-order valence-corrected chi connectivity index (χ3v) is 6.02. The summed E-state index contributed by atoms with van der Waals surface area (Å²) in [5.41, 5.74) is 3.60. The highest BCUT2D eigenvalue weighted by Gasteiger charge is 2.16. The molecule has 0 bridgehead atoms. The predicted molar refractivity (Wildman–Crippen MR) is 101 cm³/mol. The van der Waals surface area contributed by atoms with Crippen LogP contribution in [0.2, 0.25) is 0 Å². The standard InChI is InChI=1S/C20H26N2O2S/c1-15(19-7-4-8-20(13-19)25(21,23)24)22-14-16-9-11-18(12-10-16)17-5-2-3-6-17/h4,7-13,15,17,22H,2-3,5-6,14H2,1H3,(H2,21,23,24). The molecule has 2 aromatic rings. The van der Waals surface area contributed by atoms with Crippen molar-refractivity contribution in [1.29, 1.82) is 0 Å². The molecule has 3 rings (SSSR count). The van der Waals surface area contributed by atoms with Crippen molar-refractivity contribution < 1.29 is 8.42 Å². The first-order valence-electron chi connectivity index (χ1n) is 8.88. The Kier molecular flexibility index (Phi) is 5.57. The number of rotatable bonds is 6. The minimum Gasteiger partial charge on any atom is -0.306 e. The van der Waals surface area contributed by atoms with Gasteiger partial charge < -0.3 is 5.32 Å². The molecule has 0 heterocycles. The maximum Gasteiger partial charge on any atom is 0.238 e. The van der Waals surface area contributed by atoms with Crippen LogP contribution >= 0.6 is 0 Å². The zero-order valence-electron chi connectivity index (χ0n) is 14.6. The molecule has 2 aromatic carbocycles. The molecule has 0 aromatic heterocycles. The van der Waals surface area contributed by atoms with Crippen molar-refractivity contribution >= 4 is 10.0 Å². The van der Waals surface area contributed by atoms with Crippen molar-refractivity contribution in [3.63, 3.8) is 0 Å². The average Bonchev–Trinajstić information content (AvgIpc) is 3.14. The smallest absolute Gasteiger partial charge is 0.238 e. The van der Waals surface area contributed by atoms with Crippen LogP contribution in [0, 0.1) is 0 Å². The molecule has 1 fully saturated rings. The highest BCUT2D eigenvalue weighted by atomic mass is 32.2. The molecular weight excluding hydrogens is 332 g/mol. The van der Waals surface area contributed by atoms with Crippen LogP contribution in [-0.4, -0.2) is 8.42 Å². The van der Waals surface area contributed by atoms with Gasteiger partial charge in [0.2, 0.25) is 10.0 Å². The van der Waals surface area contributed by atoms with Gasteiger partial charge in [-0.2, -0.15) is 0 Å². The summed E-state index contributed by atoms with van der Waals surface area (Å²) in [5, 5.41) is 8.66. The van der Waals surface area contributed by atoms with Gasteiger partial charge in [0.05, 0.1) is 4.90 Å². The largest absolute Gasteiger partial charge is 0.306 e. The molecule has 1 saturated carbocycles. The summed E-state index contributed by atoms with van der Waals surface area (Å²) in [4.78, 5) is 0.152. The van der Waals surface area contributed by atoms with Crippen LogP contribution in [0.1, 0.15) is 61.3 Å². The molecule has 1 aliphatic carbocycles. The lowest BCUT2D eigenvalue weighted by atomic mass is 9.96. The van der Waals surface area contributed by atoms with E-state index >= 15 is 0 Å². The number of hydrogen-bond donors (Lipinski definition) is 2. The maximum absolute atomic E-state index is 11.5. The first-order valence-corrected chi connectivity index (χ1v) is 10.4. The van der Waals surface area contributed by atoms with Crippen LogP contribution in [0.5, 0.6) is 0 Å². The number of nitrogens with one attached hydrogen (secondary N) is 1. The Morgan fingerprint density at radius 2 is 1.80 bits per heavy atom. The second kappa shape index (κ2) is 7.68. The monoisotopic (exact) mass is 358 g/mol. The highest BCUT2D eigenvalue weighted by molar-refractivity contribution is 7.89. The first kappa shape index (κ1) is 18.1. The maximum atomic E-state index is 11.5. The first-order chi connectivity index (χ1) is 11.9. The lowest BCUT2D eigenvalue weighted by Gasteiger charge is -2.16. The Morgan fingerprint density at radius 1 is 1.12 bits per heavy atom. The molecule has 134 valence electrons. The van der Waals surface area contributed by atoms with E-state index in [2.05, 4.69) is 29.6 Å². The van der Waals surface area contributed by atoms with E-state index in [4.69, 9.17) is 5.14 Å². The zero-order valence-corrected chi connectivity index (χ0v) is 15.4. The molecule has 1 atom stereocenters. The Bertz CT molecular complexity index is 810. The molecule has 0 aliphatic heterocycles. The number of nitrogens with two attached hydrogens (primary N) is 1. The van der Waals surface area contributed by atoms with Crippen molar-refractivity contribution in [3.8, 4) is 0 Å². The van der Waals surface area contributed by atoms with Gasteiger partial charge in [-0.3, -0.25) is 0 Å². The number of primary sulfonamides is 1. The van der Waals surface area contributed by atoms with Crippen LogP contribution in [0.15, 0.2) is 53.4 Å². The highest BCUT2D eigenvalue weighted by Crippen LogP contribution is 2.34. The lowest BCUT2D eigenvalue weighted by molar-refractivity contribution is 0.572. The van der Waals surface area contributed by atoms with E-state index < -0.39 is 10.0 Å². The van der Waals surface area contributed by atoms with Gasteiger partial charge in [0.25, 0.3) is 0 Å². The molecule has 0 amide bonds. The van der Waals surface area contributed by atoms with Crippen LogP contribution in [0.25, 0.3) is 0 Å². The molecular formula is C20H26N2O2S. The molecule has 0 spiro atoms. The Morgan fingerprint density at radius 3 is 2.44 bits per heavy atom. The summed E-state index contributed by atoms with van der Waals surface area (Å²) in [6.45, 7) is 2.76. The van der Waals surface area contributed by atoms with Gasteiger partial charge in [0.15, 0.2) is 0 Å². The summed E-state index contributed by atoms with van der Waals surface area (Å²) in [7, 11) is -3.67. The SMILES string of the molecule is CC(NCc1ccc(C2CCCC2)cc1)c1cccc(S(N)(=O)=O)c1. The fraction of sp³-hybridized carbons (Fsp3) is 0.400. The third-order valence-electron chi connectivity index (χ3n) is 5.11. The Balaban J connectivity index is 1.61. The Hall–Kier alpha value is -1.69. The van der Waals surface area contributed by atoms with E-state index in [0.29, 0.717) is 0 Å². The molecule has 5 heteroatoms. The molecule has 4 nitrogen and oxygen atoms in total. The van der Waals surface area contributed by atoms with Gasteiger partial charge in [-0.25, -0.2) is 13.6 Å². The lowest BCUT2D eigenvalue weighted by Crippen LogP contribution is -2.19. The van der Waals surface area contributed by atoms with Gasteiger partial charge in [-0.15, -0.1) is 0 Å². The topological polar surface area (TPSA) is 72.2 Å². The third kappa shape index (κ3) is 4.69. The van der Waals surface area contributed by atoms with Gasteiger partial charge in [0.1, 0.15) is 0 Å². The van der Waals surface area contributed by atoms with Crippen LogP contribution in [0.4, 0.5) is 0 Å². The van der Waals surface area contributed by atoms with E-state index in [1.165, 1.54) is 42.9 Å². The summed E-state index contributed by atoms with van der Waals surface area (Å²) in [6.07, 6.45) is 5.33. The summed E-state index contributed by atoms with van der Waals surface area (Å²) in [5.74, 6) is 0.738.